The Morgan fingerprint density at radius 1 is 1.16 bits per heavy atom. The Balaban J connectivity index is 1.55. The van der Waals surface area contributed by atoms with Crippen LogP contribution in [-0.4, -0.2) is 29.2 Å². The van der Waals surface area contributed by atoms with Crippen molar-refractivity contribution < 1.29 is 14.3 Å². The van der Waals surface area contributed by atoms with E-state index in [1.807, 2.05) is 19.1 Å². The molecule has 0 radical (unpaired) electrons. The van der Waals surface area contributed by atoms with Crippen molar-refractivity contribution in [1.29, 1.82) is 0 Å². The van der Waals surface area contributed by atoms with Gasteiger partial charge >= 0.3 is 5.97 Å². The highest BCUT2D eigenvalue weighted by Crippen LogP contribution is 2.28. The molecular formula is C19H18N2O3S. The minimum absolute atomic E-state index is 0.171. The fraction of sp³-hybridized carbons (Fsp3) is 0.211. The molecule has 5 nitrogen and oxygen atoms in total. The fourth-order valence-corrected chi connectivity index (χ4v) is 3.24. The molecule has 0 N–H and O–H groups in total. The van der Waals surface area contributed by atoms with Crippen molar-refractivity contribution in [3.8, 4) is 16.3 Å². The van der Waals surface area contributed by atoms with Crippen molar-refractivity contribution >= 4 is 17.3 Å². The van der Waals surface area contributed by atoms with Crippen molar-refractivity contribution in [1.82, 2.24) is 9.97 Å². The van der Waals surface area contributed by atoms with E-state index >= 15 is 0 Å². The van der Waals surface area contributed by atoms with Crippen LogP contribution in [0.3, 0.4) is 0 Å². The van der Waals surface area contributed by atoms with E-state index in [1.165, 1.54) is 16.9 Å². The van der Waals surface area contributed by atoms with Crippen LogP contribution in [0.25, 0.3) is 10.6 Å². The first-order valence-corrected chi connectivity index (χ1v) is 8.68. The van der Waals surface area contributed by atoms with Gasteiger partial charge in [-0.05, 0) is 31.5 Å². The molecule has 3 rings (SSSR count). The zero-order valence-electron chi connectivity index (χ0n) is 14.1. The lowest BCUT2D eigenvalue weighted by Gasteiger charge is -2.06. The van der Waals surface area contributed by atoms with Gasteiger partial charge in [0.25, 0.3) is 0 Å². The van der Waals surface area contributed by atoms with Crippen molar-refractivity contribution in [2.24, 2.45) is 0 Å². The Kier molecular flexibility index (Phi) is 5.40. The van der Waals surface area contributed by atoms with Gasteiger partial charge in [0.2, 0.25) is 0 Å². The van der Waals surface area contributed by atoms with Crippen LogP contribution in [-0.2, 0) is 4.74 Å². The lowest BCUT2D eigenvalue weighted by atomic mass is 10.1. The molecular weight excluding hydrogens is 336 g/mol. The third kappa shape index (κ3) is 4.42. The van der Waals surface area contributed by atoms with E-state index in [0.717, 1.165) is 16.1 Å². The van der Waals surface area contributed by atoms with E-state index in [2.05, 4.69) is 23.0 Å². The second-order valence-electron chi connectivity index (χ2n) is 5.52. The number of ether oxygens (including phenoxy) is 2. The smallest absolute Gasteiger partial charge is 0.350 e. The molecule has 0 aliphatic heterocycles. The third-order valence-electron chi connectivity index (χ3n) is 3.54. The van der Waals surface area contributed by atoms with Gasteiger partial charge in [-0.15, -0.1) is 11.3 Å². The monoisotopic (exact) mass is 354 g/mol. The van der Waals surface area contributed by atoms with Crippen LogP contribution in [0.5, 0.6) is 5.75 Å². The van der Waals surface area contributed by atoms with E-state index < -0.39 is 0 Å². The number of esters is 1. The number of aromatic nitrogens is 2. The van der Waals surface area contributed by atoms with Gasteiger partial charge in [-0.2, -0.15) is 0 Å². The van der Waals surface area contributed by atoms with E-state index in [-0.39, 0.29) is 19.2 Å². The topological polar surface area (TPSA) is 61.3 Å². The zero-order valence-corrected chi connectivity index (χ0v) is 14.9. The van der Waals surface area contributed by atoms with E-state index in [4.69, 9.17) is 9.47 Å². The summed E-state index contributed by atoms with van der Waals surface area (Å²) in [6.07, 6.45) is 4.84. The predicted molar refractivity (Wildman–Crippen MR) is 97.0 cm³/mol. The van der Waals surface area contributed by atoms with Gasteiger partial charge in [-0.1, -0.05) is 23.8 Å². The normalized spacial score (nSPS) is 10.5. The lowest BCUT2D eigenvalue weighted by Crippen LogP contribution is -2.11. The average molecular weight is 354 g/mol. The Hall–Kier alpha value is -2.73. The van der Waals surface area contributed by atoms with Crippen LogP contribution >= 0.6 is 11.3 Å². The molecule has 0 unspecified atom stereocenters. The summed E-state index contributed by atoms with van der Waals surface area (Å²) in [4.78, 5) is 20.9. The van der Waals surface area contributed by atoms with Crippen LogP contribution in [0.15, 0.2) is 48.9 Å². The number of carbonyl (C=O) groups is 1. The van der Waals surface area contributed by atoms with E-state index in [1.54, 1.807) is 30.7 Å². The first-order valence-electron chi connectivity index (χ1n) is 7.87. The number of thiazole rings is 1. The number of rotatable bonds is 6. The van der Waals surface area contributed by atoms with Gasteiger partial charge < -0.3 is 9.47 Å². The number of carbonyl (C=O) groups excluding carboxylic acids is 1. The van der Waals surface area contributed by atoms with Crippen molar-refractivity contribution in [3.63, 3.8) is 0 Å². The summed E-state index contributed by atoms with van der Waals surface area (Å²) in [5.41, 5.74) is 3.37. The summed E-state index contributed by atoms with van der Waals surface area (Å²) in [7, 11) is 0. The summed E-state index contributed by atoms with van der Waals surface area (Å²) < 4.78 is 10.7. The van der Waals surface area contributed by atoms with Crippen LogP contribution in [0.1, 0.15) is 20.8 Å². The van der Waals surface area contributed by atoms with Gasteiger partial charge in [0.05, 0.1) is 12.4 Å². The third-order valence-corrected chi connectivity index (χ3v) is 4.55. The average Bonchev–Trinajstić information content (AvgIpc) is 3.09. The Labute approximate surface area is 150 Å². The second kappa shape index (κ2) is 7.90. The van der Waals surface area contributed by atoms with Crippen molar-refractivity contribution in [3.05, 3.63) is 64.9 Å². The minimum atomic E-state index is -0.386. The molecule has 0 spiro atoms. The van der Waals surface area contributed by atoms with Crippen molar-refractivity contribution in [2.75, 3.05) is 13.2 Å². The number of hydrogen-bond acceptors (Lipinski definition) is 6. The molecule has 0 saturated carbocycles. The molecule has 2 aromatic heterocycles. The molecule has 0 fully saturated rings. The number of pyridine rings is 1. The molecule has 1 aromatic carbocycles. The molecule has 0 amide bonds. The Morgan fingerprint density at radius 2 is 2.04 bits per heavy atom. The highest BCUT2D eigenvalue weighted by Gasteiger charge is 2.14. The van der Waals surface area contributed by atoms with Crippen LogP contribution in [0.2, 0.25) is 0 Å². The summed E-state index contributed by atoms with van der Waals surface area (Å²) in [6, 6.07) is 9.75. The summed E-state index contributed by atoms with van der Waals surface area (Å²) in [6.45, 7) is 4.54. The molecule has 0 aliphatic rings. The van der Waals surface area contributed by atoms with Gasteiger partial charge in [0.15, 0.2) is 0 Å². The molecule has 25 heavy (non-hydrogen) atoms. The maximum absolute atomic E-state index is 12.1. The van der Waals surface area contributed by atoms with Crippen LogP contribution in [0, 0.1) is 13.8 Å². The number of aryl methyl sites for hydroxylation is 2. The Morgan fingerprint density at radius 3 is 2.80 bits per heavy atom. The van der Waals surface area contributed by atoms with Crippen LogP contribution < -0.4 is 4.74 Å². The quantitative estimate of drug-likeness (QED) is 0.493. The van der Waals surface area contributed by atoms with Gasteiger partial charge in [-0.3, -0.25) is 4.98 Å². The SMILES string of the molecule is Cc1ccc(-c2ncc(C(=O)OCCOc3cccnc3)s2)c(C)c1. The minimum Gasteiger partial charge on any atom is -0.488 e. The molecule has 2 heterocycles. The first kappa shape index (κ1) is 17.1. The van der Waals surface area contributed by atoms with E-state index in [0.29, 0.717) is 10.6 Å². The second-order valence-corrected chi connectivity index (χ2v) is 6.55. The number of nitrogens with zero attached hydrogens (tertiary/aromatic N) is 2. The van der Waals surface area contributed by atoms with Crippen LogP contribution in [0.4, 0.5) is 0 Å². The zero-order chi connectivity index (χ0) is 17.6. The molecule has 0 aliphatic carbocycles. The molecule has 0 atom stereocenters. The Bertz CT molecular complexity index is 862. The summed E-state index contributed by atoms with van der Waals surface area (Å²) in [5, 5.41) is 0.816. The molecule has 6 heteroatoms. The summed E-state index contributed by atoms with van der Waals surface area (Å²) in [5.74, 6) is 0.261. The first-order chi connectivity index (χ1) is 12.1. The van der Waals surface area contributed by atoms with E-state index in [9.17, 15) is 4.79 Å². The molecule has 0 saturated heterocycles. The molecule has 128 valence electrons. The maximum atomic E-state index is 12.1. The van der Waals surface area contributed by atoms with Gasteiger partial charge in [0, 0.05) is 11.8 Å². The summed E-state index contributed by atoms with van der Waals surface area (Å²) >= 11 is 1.33. The molecule has 3 aromatic rings. The largest absolute Gasteiger partial charge is 0.488 e. The number of benzene rings is 1. The highest BCUT2D eigenvalue weighted by molar-refractivity contribution is 7.16. The van der Waals surface area contributed by atoms with Crippen molar-refractivity contribution in [2.45, 2.75) is 13.8 Å². The highest BCUT2D eigenvalue weighted by atomic mass is 32.1. The molecule has 0 bridgehead atoms. The van der Waals surface area contributed by atoms with Gasteiger partial charge in [0.1, 0.15) is 28.8 Å². The lowest BCUT2D eigenvalue weighted by molar-refractivity contribution is 0.0455. The maximum Gasteiger partial charge on any atom is 0.350 e. The predicted octanol–water partition coefficient (Wildman–Crippen LogP) is 4.06. The van der Waals surface area contributed by atoms with Gasteiger partial charge in [-0.25, -0.2) is 9.78 Å². The fourth-order valence-electron chi connectivity index (χ4n) is 2.34. The standard InChI is InChI=1S/C19H18N2O3S/c1-13-5-6-16(14(2)10-13)18-21-12-17(25-18)19(22)24-9-8-23-15-4-3-7-20-11-15/h3-7,10-12H,8-9H2,1-2H3. The number of hydrogen-bond donors (Lipinski definition) is 0.